The molecule has 3 heteroatoms. The van der Waals surface area contributed by atoms with E-state index in [1.54, 1.807) is 0 Å². The Morgan fingerprint density at radius 3 is 1.60 bits per heavy atom. The first-order valence-electron chi connectivity index (χ1n) is 1.03. The predicted molar refractivity (Wildman–Crippen MR) is 20.2 cm³/mol. The second-order valence-electron chi connectivity index (χ2n) is 0.926. The summed E-state index contributed by atoms with van der Waals surface area (Å²) in [6.45, 7) is 0. The molecule has 0 aliphatic rings. The van der Waals surface area contributed by atoms with Gasteiger partial charge in [-0.15, -0.1) is 0 Å². The van der Waals surface area contributed by atoms with Gasteiger partial charge < -0.3 is 0 Å². The van der Waals surface area contributed by atoms with E-state index in [-0.39, 0.29) is 0 Å². The van der Waals surface area contributed by atoms with Gasteiger partial charge in [0.05, 0.1) is 6.26 Å². The van der Waals surface area contributed by atoms with Crippen molar-refractivity contribution < 1.29 is 8.42 Å². The van der Waals surface area contributed by atoms with Gasteiger partial charge >= 0.3 is 0 Å². The Balaban J connectivity index is 4.06. The van der Waals surface area contributed by atoms with Gasteiger partial charge in [0, 0.05) is 6.26 Å². The molecule has 31 valence electrons. The van der Waals surface area contributed by atoms with Crippen LogP contribution in [0.25, 0.3) is 0 Å². The maximum absolute atomic E-state index is 9.52. The Hall–Kier alpha value is -0.0500. The number of hydrogen-bond donors (Lipinski definition) is 0. The van der Waals surface area contributed by atoms with Gasteiger partial charge in [0.15, 0.2) is 0 Å². The Kier molecular flexibility index (Phi) is 0.961. The molecule has 1 radical (unpaired) electrons. The van der Waals surface area contributed by atoms with E-state index >= 15 is 0 Å². The average molecular weight is 93.1 g/mol. The third-order valence-corrected chi connectivity index (χ3v) is 0. The highest BCUT2D eigenvalue weighted by molar-refractivity contribution is 7.91. The molecule has 0 unspecified atom stereocenters. The summed E-state index contributed by atoms with van der Waals surface area (Å²) in [5, 5.41) is 0. The van der Waals surface area contributed by atoms with Crippen LogP contribution in [0.1, 0.15) is 0 Å². The fraction of sp³-hybridized carbons (Fsp3) is 0.500. The maximum Gasteiger partial charge on any atom is 0.148 e. The quantitative estimate of drug-likeness (QED) is 0.416. The lowest BCUT2D eigenvalue weighted by molar-refractivity contribution is 0.610. The van der Waals surface area contributed by atoms with Gasteiger partial charge in [0.1, 0.15) is 9.84 Å². The summed E-state index contributed by atoms with van der Waals surface area (Å²) in [7, 11) is -2.92. The third-order valence-electron chi connectivity index (χ3n) is 0. The molecule has 0 aliphatic carbocycles. The number of rotatable bonds is 0. The van der Waals surface area contributed by atoms with Crippen molar-refractivity contribution in [3.05, 3.63) is 6.26 Å². The van der Waals surface area contributed by atoms with E-state index in [9.17, 15) is 8.42 Å². The van der Waals surface area contributed by atoms with E-state index in [1.165, 1.54) is 0 Å². The van der Waals surface area contributed by atoms with Gasteiger partial charge in [0.2, 0.25) is 0 Å². The topological polar surface area (TPSA) is 34.1 Å². The smallest absolute Gasteiger partial charge is 0.148 e. The molecule has 0 bridgehead atoms. The summed E-state index contributed by atoms with van der Waals surface area (Å²) < 4.78 is 19.0. The largest absolute Gasteiger partial charge is 0.229 e. The molecule has 0 amide bonds. The van der Waals surface area contributed by atoms with Crippen LogP contribution in [-0.4, -0.2) is 14.7 Å². The van der Waals surface area contributed by atoms with Crippen LogP contribution in [0.5, 0.6) is 0 Å². The van der Waals surface area contributed by atoms with Crippen molar-refractivity contribution in [3.63, 3.8) is 0 Å². The standard InChI is InChI=1S/C2H5O2S/c1-5(2,3)4/h1H2,2H3. The second-order valence-corrected chi connectivity index (χ2v) is 2.78. The van der Waals surface area contributed by atoms with E-state index in [0.717, 1.165) is 6.26 Å². The normalized spacial score (nSPS) is 11.6. The van der Waals surface area contributed by atoms with Gasteiger partial charge in [-0.3, -0.25) is 0 Å². The first kappa shape index (κ1) is 4.95. The van der Waals surface area contributed by atoms with Crippen molar-refractivity contribution in [3.8, 4) is 0 Å². The van der Waals surface area contributed by atoms with Gasteiger partial charge in [-0.2, -0.15) is 0 Å². The summed E-state index contributed by atoms with van der Waals surface area (Å²) >= 11 is 0. The molecule has 0 saturated carbocycles. The van der Waals surface area contributed by atoms with Crippen LogP contribution in [0, 0.1) is 6.26 Å². The average Bonchev–Trinajstić information content (AvgIpc) is 0.722. The summed E-state index contributed by atoms with van der Waals surface area (Å²) in [6, 6.07) is 0. The molecule has 0 aromatic rings. The van der Waals surface area contributed by atoms with Crippen molar-refractivity contribution >= 4 is 9.84 Å². The van der Waals surface area contributed by atoms with Crippen LogP contribution < -0.4 is 0 Å². The third kappa shape index (κ3) is 6010. The highest BCUT2D eigenvalue weighted by atomic mass is 32.2. The lowest BCUT2D eigenvalue weighted by Gasteiger charge is -1.69. The lowest BCUT2D eigenvalue weighted by atomic mass is 11.9. The van der Waals surface area contributed by atoms with Gasteiger partial charge in [-0.05, 0) is 0 Å². The minimum absolute atomic E-state index is 1.05. The molecule has 0 saturated heterocycles. The van der Waals surface area contributed by atoms with Gasteiger partial charge in [-0.25, -0.2) is 8.42 Å². The van der Waals surface area contributed by atoms with E-state index < -0.39 is 9.84 Å². The summed E-state index contributed by atoms with van der Waals surface area (Å²) in [4.78, 5) is 0. The number of hydrogen-bond acceptors (Lipinski definition) is 2. The molecule has 0 heterocycles. The molecule has 0 atom stereocenters. The SMILES string of the molecule is [CH2]S(C)(=O)=O. The molecular weight excluding hydrogens is 88.1 g/mol. The molecule has 0 aliphatic heterocycles. The Morgan fingerprint density at radius 2 is 1.60 bits per heavy atom. The predicted octanol–water partition coefficient (Wildman–Crippen LogP) is -0.177. The maximum atomic E-state index is 9.52. The van der Waals surface area contributed by atoms with Gasteiger partial charge in [-0.1, -0.05) is 0 Å². The minimum Gasteiger partial charge on any atom is -0.229 e. The Morgan fingerprint density at radius 1 is 1.60 bits per heavy atom. The van der Waals surface area contributed by atoms with Crippen molar-refractivity contribution in [2.24, 2.45) is 0 Å². The van der Waals surface area contributed by atoms with Crippen LogP contribution in [-0.2, 0) is 9.84 Å². The van der Waals surface area contributed by atoms with Crippen LogP contribution >= 0.6 is 0 Å². The highest BCUT2D eigenvalue weighted by Crippen LogP contribution is 1.67. The fourth-order valence-corrected chi connectivity index (χ4v) is 0. The summed E-state index contributed by atoms with van der Waals surface area (Å²) in [6.07, 6.45) is 3.79. The summed E-state index contributed by atoms with van der Waals surface area (Å²) in [5.74, 6) is 0. The minimum atomic E-state index is -2.92. The second kappa shape index (κ2) is 0.971. The molecule has 0 aromatic carbocycles. The zero-order chi connectivity index (χ0) is 4.50. The van der Waals surface area contributed by atoms with Gasteiger partial charge in [0.25, 0.3) is 0 Å². The van der Waals surface area contributed by atoms with E-state index in [2.05, 4.69) is 6.26 Å². The first-order chi connectivity index (χ1) is 2.00. The number of sulfone groups is 1. The fourth-order valence-electron chi connectivity index (χ4n) is 0. The van der Waals surface area contributed by atoms with E-state index in [1.807, 2.05) is 0 Å². The van der Waals surface area contributed by atoms with Crippen LogP contribution in [0.2, 0.25) is 0 Å². The van der Waals surface area contributed by atoms with Crippen molar-refractivity contribution in [2.75, 3.05) is 6.26 Å². The van der Waals surface area contributed by atoms with E-state index in [0.29, 0.717) is 0 Å². The zero-order valence-electron chi connectivity index (χ0n) is 2.93. The molecule has 0 aromatic heterocycles. The van der Waals surface area contributed by atoms with Crippen LogP contribution in [0.4, 0.5) is 0 Å². The molecule has 5 heavy (non-hydrogen) atoms. The van der Waals surface area contributed by atoms with Crippen molar-refractivity contribution in [2.45, 2.75) is 0 Å². The van der Waals surface area contributed by atoms with Crippen molar-refractivity contribution in [1.82, 2.24) is 0 Å². The Labute approximate surface area is 31.7 Å². The molecule has 2 nitrogen and oxygen atoms in total. The molecule has 0 fully saturated rings. The monoisotopic (exact) mass is 93.0 g/mol. The molecule has 0 rings (SSSR count). The molecule has 0 N–H and O–H groups in total. The van der Waals surface area contributed by atoms with Crippen LogP contribution in [0.3, 0.4) is 0 Å². The van der Waals surface area contributed by atoms with Crippen molar-refractivity contribution in [1.29, 1.82) is 0 Å². The first-order valence-corrected chi connectivity index (χ1v) is 3.09. The zero-order valence-corrected chi connectivity index (χ0v) is 3.75. The van der Waals surface area contributed by atoms with E-state index in [4.69, 9.17) is 0 Å². The van der Waals surface area contributed by atoms with Crippen LogP contribution in [0.15, 0.2) is 0 Å². The summed E-state index contributed by atoms with van der Waals surface area (Å²) in [5.41, 5.74) is 0. The Bertz CT molecular complexity index is 90.8. The highest BCUT2D eigenvalue weighted by Gasteiger charge is 1.79. The molecule has 0 spiro atoms. The molecular formula is C2H5O2S. The lowest BCUT2D eigenvalue weighted by Crippen LogP contribution is -1.82.